The standard InChI is InChI=1S/C13H17ClN2O4/c1-10-4-3-5-11(16(18)19)12(10)13(17)15(7-6-14)8-9-20-2/h3-5H,6-9H2,1-2H3. The van der Waals surface area contributed by atoms with Crippen LogP contribution < -0.4 is 0 Å². The monoisotopic (exact) mass is 300 g/mol. The van der Waals surface area contributed by atoms with Gasteiger partial charge < -0.3 is 9.64 Å². The molecule has 0 heterocycles. The van der Waals surface area contributed by atoms with E-state index < -0.39 is 10.8 Å². The lowest BCUT2D eigenvalue weighted by Gasteiger charge is -2.22. The van der Waals surface area contributed by atoms with Gasteiger partial charge in [-0.3, -0.25) is 14.9 Å². The molecule has 1 amide bonds. The van der Waals surface area contributed by atoms with Gasteiger partial charge in [-0.2, -0.15) is 0 Å². The number of nitro benzene ring substituents is 1. The van der Waals surface area contributed by atoms with E-state index in [1.807, 2.05) is 0 Å². The number of methoxy groups -OCH3 is 1. The molecule has 0 fully saturated rings. The largest absolute Gasteiger partial charge is 0.383 e. The van der Waals surface area contributed by atoms with E-state index in [1.165, 1.54) is 18.1 Å². The van der Waals surface area contributed by atoms with E-state index in [2.05, 4.69) is 0 Å². The van der Waals surface area contributed by atoms with E-state index in [-0.39, 0.29) is 17.1 Å². The summed E-state index contributed by atoms with van der Waals surface area (Å²) in [5.41, 5.74) is 0.492. The van der Waals surface area contributed by atoms with Crippen LogP contribution in [-0.2, 0) is 4.74 Å². The highest BCUT2D eigenvalue weighted by Crippen LogP contribution is 2.23. The molecule has 0 unspecified atom stereocenters. The van der Waals surface area contributed by atoms with Crippen molar-refractivity contribution in [2.75, 3.05) is 32.7 Å². The van der Waals surface area contributed by atoms with Crippen LogP contribution in [0.4, 0.5) is 5.69 Å². The minimum atomic E-state index is -0.546. The molecule has 0 aliphatic heterocycles. The lowest BCUT2D eigenvalue weighted by Crippen LogP contribution is -2.36. The van der Waals surface area contributed by atoms with Gasteiger partial charge in [0, 0.05) is 32.1 Å². The second kappa shape index (κ2) is 7.81. The summed E-state index contributed by atoms with van der Waals surface area (Å²) in [4.78, 5) is 24.5. The summed E-state index contributed by atoms with van der Waals surface area (Å²) < 4.78 is 4.94. The Kier molecular flexibility index (Phi) is 6.41. The normalized spacial score (nSPS) is 10.3. The Morgan fingerprint density at radius 1 is 1.45 bits per heavy atom. The molecule has 0 spiro atoms. The van der Waals surface area contributed by atoms with E-state index in [1.54, 1.807) is 19.1 Å². The number of hydrogen-bond donors (Lipinski definition) is 0. The average molecular weight is 301 g/mol. The fourth-order valence-corrected chi connectivity index (χ4v) is 2.06. The highest BCUT2D eigenvalue weighted by atomic mass is 35.5. The number of amides is 1. The Morgan fingerprint density at radius 2 is 2.15 bits per heavy atom. The van der Waals surface area contributed by atoms with Crippen molar-refractivity contribution >= 4 is 23.2 Å². The number of ether oxygens (including phenoxy) is 1. The van der Waals surface area contributed by atoms with Gasteiger partial charge in [0.2, 0.25) is 0 Å². The van der Waals surface area contributed by atoms with Crippen LogP contribution >= 0.6 is 11.6 Å². The predicted octanol–water partition coefficient (Wildman–Crippen LogP) is 2.23. The van der Waals surface area contributed by atoms with Crippen molar-refractivity contribution in [1.29, 1.82) is 0 Å². The van der Waals surface area contributed by atoms with Crippen LogP contribution in [-0.4, -0.2) is 48.4 Å². The van der Waals surface area contributed by atoms with E-state index in [0.29, 0.717) is 25.3 Å². The first-order valence-corrected chi connectivity index (χ1v) is 6.64. The maximum Gasteiger partial charge on any atom is 0.282 e. The summed E-state index contributed by atoms with van der Waals surface area (Å²) in [6, 6.07) is 4.57. The zero-order chi connectivity index (χ0) is 15.1. The zero-order valence-corrected chi connectivity index (χ0v) is 12.2. The Morgan fingerprint density at radius 3 is 2.70 bits per heavy atom. The molecule has 0 aromatic heterocycles. The molecule has 0 aliphatic rings. The molecule has 0 radical (unpaired) electrons. The highest BCUT2D eigenvalue weighted by molar-refractivity contribution is 6.18. The molecule has 0 atom stereocenters. The molecule has 20 heavy (non-hydrogen) atoms. The molecule has 1 aromatic rings. The number of benzene rings is 1. The summed E-state index contributed by atoms with van der Waals surface area (Å²) in [5, 5.41) is 11.1. The van der Waals surface area contributed by atoms with Gasteiger partial charge in [-0.1, -0.05) is 12.1 Å². The molecule has 0 saturated heterocycles. The number of carbonyl (C=O) groups is 1. The van der Waals surface area contributed by atoms with Crippen molar-refractivity contribution in [1.82, 2.24) is 4.90 Å². The van der Waals surface area contributed by atoms with Crippen molar-refractivity contribution < 1.29 is 14.5 Å². The highest BCUT2D eigenvalue weighted by Gasteiger charge is 2.26. The first kappa shape index (κ1) is 16.4. The van der Waals surface area contributed by atoms with Crippen molar-refractivity contribution in [2.45, 2.75) is 6.92 Å². The van der Waals surface area contributed by atoms with Gasteiger partial charge in [-0.25, -0.2) is 0 Å². The number of hydrogen-bond acceptors (Lipinski definition) is 4. The van der Waals surface area contributed by atoms with Gasteiger partial charge in [0.05, 0.1) is 11.5 Å². The lowest BCUT2D eigenvalue weighted by atomic mass is 10.1. The first-order valence-electron chi connectivity index (χ1n) is 6.11. The van der Waals surface area contributed by atoms with E-state index >= 15 is 0 Å². The third-order valence-corrected chi connectivity index (χ3v) is 3.04. The Balaban J connectivity index is 3.13. The fourth-order valence-electron chi connectivity index (χ4n) is 1.86. The SMILES string of the molecule is COCCN(CCCl)C(=O)c1c(C)cccc1[N+](=O)[O-]. The second-order valence-electron chi connectivity index (χ2n) is 4.20. The molecule has 1 aromatic carbocycles. The third kappa shape index (κ3) is 3.91. The minimum absolute atomic E-state index is 0.110. The smallest absolute Gasteiger partial charge is 0.282 e. The van der Waals surface area contributed by atoms with Crippen molar-refractivity contribution in [2.24, 2.45) is 0 Å². The van der Waals surface area contributed by atoms with Crippen molar-refractivity contribution in [3.05, 3.63) is 39.4 Å². The van der Waals surface area contributed by atoms with Gasteiger partial charge in [-0.05, 0) is 12.5 Å². The molecule has 0 bridgehead atoms. The maximum absolute atomic E-state index is 12.5. The number of halogens is 1. The molecule has 6 nitrogen and oxygen atoms in total. The van der Waals surface area contributed by atoms with Crippen LogP contribution in [0.3, 0.4) is 0 Å². The Labute approximate surface area is 122 Å². The van der Waals surface area contributed by atoms with E-state index in [9.17, 15) is 14.9 Å². The van der Waals surface area contributed by atoms with Gasteiger partial charge >= 0.3 is 0 Å². The van der Waals surface area contributed by atoms with Crippen molar-refractivity contribution in [3.63, 3.8) is 0 Å². The van der Waals surface area contributed by atoms with Gasteiger partial charge in [0.25, 0.3) is 11.6 Å². The van der Waals surface area contributed by atoms with Crippen molar-refractivity contribution in [3.8, 4) is 0 Å². The van der Waals surface area contributed by atoms with E-state index in [4.69, 9.17) is 16.3 Å². The Hall–Kier alpha value is -1.66. The number of rotatable bonds is 7. The predicted molar refractivity (Wildman–Crippen MR) is 76.3 cm³/mol. The average Bonchev–Trinajstić information content (AvgIpc) is 2.42. The number of nitro groups is 1. The number of aryl methyl sites for hydroxylation is 1. The molecule has 110 valence electrons. The quantitative estimate of drug-likeness (QED) is 0.440. The summed E-state index contributed by atoms with van der Waals surface area (Å²) in [6.07, 6.45) is 0. The van der Waals surface area contributed by atoms with Gasteiger partial charge in [0.15, 0.2) is 0 Å². The number of alkyl halides is 1. The molecule has 0 N–H and O–H groups in total. The molecule has 0 aliphatic carbocycles. The summed E-state index contributed by atoms with van der Waals surface area (Å²) in [6.45, 7) is 2.68. The summed E-state index contributed by atoms with van der Waals surface area (Å²) in [5.74, 6) is -0.137. The topological polar surface area (TPSA) is 72.7 Å². The van der Waals surface area contributed by atoms with Crippen LogP contribution in [0, 0.1) is 17.0 Å². The fraction of sp³-hybridized carbons (Fsp3) is 0.462. The molecular weight excluding hydrogens is 284 g/mol. The van der Waals surface area contributed by atoms with E-state index in [0.717, 1.165) is 0 Å². The first-order chi connectivity index (χ1) is 9.52. The second-order valence-corrected chi connectivity index (χ2v) is 4.58. The number of nitrogens with zero attached hydrogens (tertiary/aromatic N) is 2. The lowest BCUT2D eigenvalue weighted by molar-refractivity contribution is -0.385. The third-order valence-electron chi connectivity index (χ3n) is 2.87. The van der Waals surface area contributed by atoms with Crippen LogP contribution in [0.1, 0.15) is 15.9 Å². The zero-order valence-electron chi connectivity index (χ0n) is 11.5. The minimum Gasteiger partial charge on any atom is -0.383 e. The van der Waals surface area contributed by atoms with Gasteiger partial charge in [0.1, 0.15) is 5.56 Å². The molecular formula is C13H17ClN2O4. The maximum atomic E-state index is 12.5. The van der Waals surface area contributed by atoms with Crippen LogP contribution in [0.5, 0.6) is 0 Å². The molecule has 0 saturated carbocycles. The molecule has 1 rings (SSSR count). The summed E-state index contributed by atoms with van der Waals surface area (Å²) >= 11 is 5.68. The van der Waals surface area contributed by atoms with Gasteiger partial charge in [-0.15, -0.1) is 11.6 Å². The van der Waals surface area contributed by atoms with Crippen LogP contribution in [0.25, 0.3) is 0 Å². The Bertz CT molecular complexity index is 493. The van der Waals surface area contributed by atoms with Crippen LogP contribution in [0.15, 0.2) is 18.2 Å². The summed E-state index contributed by atoms with van der Waals surface area (Å²) in [7, 11) is 1.53. The number of carbonyl (C=O) groups excluding carboxylic acids is 1. The van der Waals surface area contributed by atoms with Crippen LogP contribution in [0.2, 0.25) is 0 Å². The molecule has 7 heteroatoms.